The van der Waals surface area contributed by atoms with Gasteiger partial charge in [-0.15, -0.1) is 0 Å². The molecule has 0 aliphatic carbocycles. The van der Waals surface area contributed by atoms with Gasteiger partial charge < -0.3 is 4.90 Å². The fraction of sp³-hybridized carbons (Fsp3) is 0.526. The summed E-state index contributed by atoms with van der Waals surface area (Å²) in [6.07, 6.45) is 4.82. The maximum Gasteiger partial charge on any atom is 0.227 e. The van der Waals surface area contributed by atoms with Crippen LogP contribution >= 0.6 is 0 Å². The van der Waals surface area contributed by atoms with E-state index in [9.17, 15) is 4.79 Å². The number of amides is 1. The minimum absolute atomic E-state index is 0.264. The minimum atomic E-state index is -0.285. The zero-order valence-corrected chi connectivity index (χ0v) is 14.7. The maximum absolute atomic E-state index is 12.4. The highest BCUT2D eigenvalue weighted by Crippen LogP contribution is 2.26. The van der Waals surface area contributed by atoms with Gasteiger partial charge in [0.05, 0.1) is 11.4 Å². The number of hydrogen-bond acceptors (Lipinski definition) is 3. The van der Waals surface area contributed by atoms with Gasteiger partial charge in [0, 0.05) is 30.4 Å². The van der Waals surface area contributed by atoms with Crippen molar-refractivity contribution in [1.82, 2.24) is 20.1 Å². The van der Waals surface area contributed by atoms with Gasteiger partial charge in [0.2, 0.25) is 5.91 Å². The number of aromatic amines is 1. The van der Waals surface area contributed by atoms with Crippen LogP contribution in [0.2, 0.25) is 0 Å². The number of pyridine rings is 1. The van der Waals surface area contributed by atoms with Gasteiger partial charge in [-0.2, -0.15) is 5.10 Å². The number of aromatic nitrogens is 3. The molecule has 1 N–H and O–H groups in total. The molecule has 2 aromatic heterocycles. The Morgan fingerprint density at radius 2 is 2.00 bits per heavy atom. The lowest BCUT2D eigenvalue weighted by Gasteiger charge is -2.35. The third-order valence-corrected chi connectivity index (χ3v) is 4.62. The van der Waals surface area contributed by atoms with Gasteiger partial charge in [-0.1, -0.05) is 26.8 Å². The summed E-state index contributed by atoms with van der Waals surface area (Å²) >= 11 is 0. The zero-order chi connectivity index (χ0) is 17.2. The molecule has 0 bridgehead atoms. The highest BCUT2D eigenvalue weighted by molar-refractivity contribution is 5.81. The number of likely N-dealkylation sites (tertiary alicyclic amines) is 1. The normalized spacial score (nSPS) is 16.4. The monoisotopic (exact) mass is 326 g/mol. The van der Waals surface area contributed by atoms with E-state index >= 15 is 0 Å². The molecule has 2 aromatic rings. The summed E-state index contributed by atoms with van der Waals surface area (Å²) in [7, 11) is 0. The van der Waals surface area contributed by atoms with E-state index in [4.69, 9.17) is 4.98 Å². The SMILES string of the molecule is CC(C)(C)C(=O)N1CCC(Cc2cccc(-c3ccn[nH]3)n2)CC1. The van der Waals surface area contributed by atoms with Crippen LogP contribution in [0, 0.1) is 11.3 Å². The molecule has 128 valence electrons. The third-order valence-electron chi connectivity index (χ3n) is 4.62. The molecule has 1 aliphatic heterocycles. The molecule has 1 fully saturated rings. The van der Waals surface area contributed by atoms with Crippen LogP contribution in [0.3, 0.4) is 0 Å². The van der Waals surface area contributed by atoms with Crippen LogP contribution in [0.15, 0.2) is 30.5 Å². The van der Waals surface area contributed by atoms with E-state index in [1.807, 2.05) is 37.8 Å². The van der Waals surface area contributed by atoms with E-state index in [0.29, 0.717) is 5.92 Å². The molecule has 0 unspecified atom stereocenters. The zero-order valence-electron chi connectivity index (χ0n) is 14.7. The number of nitrogens with zero attached hydrogens (tertiary/aromatic N) is 3. The summed E-state index contributed by atoms with van der Waals surface area (Å²) in [5, 5.41) is 6.95. The van der Waals surface area contributed by atoms with Gasteiger partial charge in [0.25, 0.3) is 0 Å². The molecule has 0 atom stereocenters. The number of H-pyrrole nitrogens is 1. The molecule has 24 heavy (non-hydrogen) atoms. The molecule has 3 rings (SSSR count). The first kappa shape index (κ1) is 16.7. The van der Waals surface area contributed by atoms with Gasteiger partial charge in [0.15, 0.2) is 0 Å². The van der Waals surface area contributed by atoms with Crippen molar-refractivity contribution in [3.05, 3.63) is 36.2 Å². The summed E-state index contributed by atoms with van der Waals surface area (Å²) in [5.74, 6) is 0.860. The molecule has 5 nitrogen and oxygen atoms in total. The van der Waals surface area contributed by atoms with Gasteiger partial charge in [-0.05, 0) is 43.4 Å². The molecular formula is C19H26N4O. The van der Waals surface area contributed by atoms with Crippen molar-refractivity contribution in [1.29, 1.82) is 0 Å². The Kier molecular flexibility index (Phi) is 4.69. The lowest BCUT2D eigenvalue weighted by molar-refractivity contribution is -0.140. The van der Waals surface area contributed by atoms with Crippen LogP contribution in [-0.4, -0.2) is 39.1 Å². The highest BCUT2D eigenvalue weighted by atomic mass is 16.2. The van der Waals surface area contributed by atoms with Crippen molar-refractivity contribution in [3.8, 4) is 11.4 Å². The number of piperidine rings is 1. The Morgan fingerprint density at radius 1 is 1.25 bits per heavy atom. The smallest absolute Gasteiger partial charge is 0.227 e. The summed E-state index contributed by atoms with van der Waals surface area (Å²) < 4.78 is 0. The Morgan fingerprint density at radius 3 is 2.62 bits per heavy atom. The van der Waals surface area contributed by atoms with Crippen LogP contribution < -0.4 is 0 Å². The average molecular weight is 326 g/mol. The van der Waals surface area contributed by atoms with Crippen molar-refractivity contribution >= 4 is 5.91 Å². The maximum atomic E-state index is 12.4. The summed E-state index contributed by atoms with van der Waals surface area (Å²) in [5.41, 5.74) is 2.71. The Balaban J connectivity index is 1.59. The second-order valence-corrected chi connectivity index (χ2v) is 7.67. The predicted octanol–water partition coefficient (Wildman–Crippen LogP) is 3.30. The van der Waals surface area contributed by atoms with Crippen molar-refractivity contribution in [2.24, 2.45) is 11.3 Å². The molecule has 0 spiro atoms. The largest absolute Gasteiger partial charge is 0.342 e. The molecule has 0 aromatic carbocycles. The quantitative estimate of drug-likeness (QED) is 0.941. The summed E-state index contributed by atoms with van der Waals surface area (Å²) in [6, 6.07) is 8.08. The number of rotatable bonds is 3. The first-order chi connectivity index (χ1) is 11.4. The van der Waals surface area contributed by atoms with Crippen molar-refractivity contribution in [2.75, 3.05) is 13.1 Å². The molecule has 1 saturated heterocycles. The molecule has 5 heteroatoms. The second-order valence-electron chi connectivity index (χ2n) is 7.67. The van der Waals surface area contributed by atoms with E-state index in [1.165, 1.54) is 0 Å². The number of nitrogens with one attached hydrogen (secondary N) is 1. The van der Waals surface area contributed by atoms with Gasteiger partial charge in [0.1, 0.15) is 0 Å². The molecule has 1 amide bonds. The van der Waals surface area contributed by atoms with Crippen LogP contribution in [0.4, 0.5) is 0 Å². The standard InChI is InChI=1S/C19H26N4O/c1-19(2,3)18(24)23-11-8-14(9-12-23)13-15-5-4-6-16(21-15)17-7-10-20-22-17/h4-7,10,14H,8-9,11-13H2,1-3H3,(H,20,22). The van der Waals surface area contributed by atoms with E-state index in [-0.39, 0.29) is 11.3 Å². The Bertz CT molecular complexity index is 680. The predicted molar refractivity (Wildman–Crippen MR) is 94.3 cm³/mol. The first-order valence-electron chi connectivity index (χ1n) is 8.68. The average Bonchev–Trinajstić information content (AvgIpc) is 3.09. The Hall–Kier alpha value is -2.17. The van der Waals surface area contributed by atoms with Gasteiger partial charge >= 0.3 is 0 Å². The van der Waals surface area contributed by atoms with E-state index in [0.717, 1.165) is 49.4 Å². The fourth-order valence-corrected chi connectivity index (χ4v) is 3.25. The third kappa shape index (κ3) is 3.83. The molecule has 0 radical (unpaired) electrons. The van der Waals surface area contributed by atoms with E-state index < -0.39 is 0 Å². The minimum Gasteiger partial charge on any atom is -0.342 e. The fourth-order valence-electron chi connectivity index (χ4n) is 3.25. The lowest BCUT2D eigenvalue weighted by Crippen LogP contribution is -2.44. The number of carbonyl (C=O) groups excluding carboxylic acids is 1. The van der Waals surface area contributed by atoms with Gasteiger partial charge in [-0.25, -0.2) is 0 Å². The summed E-state index contributed by atoms with van der Waals surface area (Å²) in [4.78, 5) is 19.1. The highest BCUT2D eigenvalue weighted by Gasteiger charge is 2.30. The lowest BCUT2D eigenvalue weighted by atomic mass is 9.89. The Labute approximate surface area is 143 Å². The van der Waals surface area contributed by atoms with Crippen LogP contribution in [0.5, 0.6) is 0 Å². The van der Waals surface area contributed by atoms with Crippen molar-refractivity contribution in [3.63, 3.8) is 0 Å². The van der Waals surface area contributed by atoms with E-state index in [2.05, 4.69) is 22.3 Å². The van der Waals surface area contributed by atoms with Crippen LogP contribution in [0.1, 0.15) is 39.3 Å². The molecular weight excluding hydrogens is 300 g/mol. The van der Waals surface area contributed by atoms with E-state index in [1.54, 1.807) is 6.20 Å². The second kappa shape index (κ2) is 6.75. The molecule has 1 aliphatic rings. The van der Waals surface area contributed by atoms with Crippen molar-refractivity contribution < 1.29 is 4.79 Å². The number of hydrogen-bond donors (Lipinski definition) is 1. The topological polar surface area (TPSA) is 61.9 Å². The first-order valence-corrected chi connectivity index (χ1v) is 8.68. The van der Waals surface area contributed by atoms with Gasteiger partial charge in [-0.3, -0.25) is 14.9 Å². The molecule has 0 saturated carbocycles. The van der Waals surface area contributed by atoms with Crippen LogP contribution in [-0.2, 0) is 11.2 Å². The van der Waals surface area contributed by atoms with Crippen LogP contribution in [0.25, 0.3) is 11.4 Å². The number of carbonyl (C=O) groups is 1. The van der Waals surface area contributed by atoms with Crippen molar-refractivity contribution in [2.45, 2.75) is 40.0 Å². The molecule has 3 heterocycles. The summed E-state index contributed by atoms with van der Waals surface area (Å²) in [6.45, 7) is 7.70.